The second-order valence-electron chi connectivity index (χ2n) is 3.76. The van der Waals surface area contributed by atoms with Crippen LogP contribution in [0.15, 0.2) is 24.4 Å². The van der Waals surface area contributed by atoms with Gasteiger partial charge in [0.2, 0.25) is 0 Å². The Morgan fingerprint density at radius 3 is 2.74 bits per heavy atom. The maximum absolute atomic E-state index is 8.72. The number of imidazole rings is 1. The van der Waals surface area contributed by atoms with Crippen molar-refractivity contribution in [3.8, 4) is 17.6 Å². The van der Waals surface area contributed by atoms with E-state index in [0.717, 1.165) is 0 Å². The van der Waals surface area contributed by atoms with Crippen LogP contribution in [0.3, 0.4) is 0 Å². The van der Waals surface area contributed by atoms with Gasteiger partial charge in [-0.25, -0.2) is 9.97 Å². The van der Waals surface area contributed by atoms with Gasteiger partial charge in [-0.2, -0.15) is 5.26 Å². The van der Waals surface area contributed by atoms with Crippen molar-refractivity contribution >= 4 is 34.4 Å². The van der Waals surface area contributed by atoms with Gasteiger partial charge in [-0.3, -0.25) is 4.98 Å². The molecule has 3 aromatic heterocycles. The van der Waals surface area contributed by atoms with E-state index in [0.29, 0.717) is 33.3 Å². The fourth-order valence-corrected chi connectivity index (χ4v) is 1.90. The number of nitrogens with zero attached hydrogens (tertiary/aromatic N) is 4. The highest BCUT2D eigenvalue weighted by atomic mass is 35.5. The Balaban J connectivity index is 2.12. The van der Waals surface area contributed by atoms with E-state index in [1.165, 1.54) is 6.20 Å². The Labute approximate surface area is 117 Å². The third-order valence-electron chi connectivity index (χ3n) is 2.52. The molecule has 0 unspecified atom stereocenters. The number of nitrogens with one attached hydrogen (secondary N) is 1. The van der Waals surface area contributed by atoms with Gasteiger partial charge in [0.1, 0.15) is 16.9 Å². The van der Waals surface area contributed by atoms with Crippen molar-refractivity contribution in [2.45, 2.75) is 0 Å². The second kappa shape index (κ2) is 4.50. The SMILES string of the molecule is N#Cc1ccc(-c2nc3nc(Cl)c(Cl)cc3[nH]2)nc1. The predicted octanol–water partition coefficient (Wildman–Crippen LogP) is 3.20. The number of aromatic amines is 1. The van der Waals surface area contributed by atoms with Crippen LogP contribution in [0, 0.1) is 11.3 Å². The van der Waals surface area contributed by atoms with Crippen LogP contribution in [0.2, 0.25) is 10.2 Å². The normalized spacial score (nSPS) is 10.6. The summed E-state index contributed by atoms with van der Waals surface area (Å²) >= 11 is 11.7. The number of pyridine rings is 2. The zero-order valence-electron chi connectivity index (χ0n) is 9.35. The van der Waals surface area contributed by atoms with Gasteiger partial charge in [0.15, 0.2) is 11.5 Å². The highest BCUT2D eigenvalue weighted by molar-refractivity contribution is 6.41. The van der Waals surface area contributed by atoms with Crippen molar-refractivity contribution in [3.63, 3.8) is 0 Å². The van der Waals surface area contributed by atoms with E-state index in [4.69, 9.17) is 28.5 Å². The zero-order valence-corrected chi connectivity index (χ0v) is 10.9. The standard InChI is InChI=1S/C12H5Cl2N5/c13-7-3-9-12(18-10(7)14)19-11(17-9)8-2-1-6(4-15)5-16-8/h1-3,5H,(H,17,18,19). The predicted molar refractivity (Wildman–Crippen MR) is 71.9 cm³/mol. The van der Waals surface area contributed by atoms with Crippen LogP contribution in [0.25, 0.3) is 22.7 Å². The van der Waals surface area contributed by atoms with Crippen LogP contribution in [0.5, 0.6) is 0 Å². The molecule has 3 heterocycles. The Morgan fingerprint density at radius 2 is 2.05 bits per heavy atom. The maximum atomic E-state index is 8.72. The third-order valence-corrected chi connectivity index (χ3v) is 3.19. The summed E-state index contributed by atoms with van der Waals surface area (Å²) in [6.07, 6.45) is 1.48. The summed E-state index contributed by atoms with van der Waals surface area (Å²) in [7, 11) is 0. The van der Waals surface area contributed by atoms with Gasteiger partial charge in [0.25, 0.3) is 0 Å². The van der Waals surface area contributed by atoms with E-state index in [-0.39, 0.29) is 5.15 Å². The number of hydrogen-bond acceptors (Lipinski definition) is 4. The number of H-pyrrole nitrogens is 1. The van der Waals surface area contributed by atoms with Gasteiger partial charge in [-0.05, 0) is 18.2 Å². The minimum Gasteiger partial charge on any atom is -0.335 e. The van der Waals surface area contributed by atoms with E-state index < -0.39 is 0 Å². The van der Waals surface area contributed by atoms with Crippen molar-refractivity contribution in [1.82, 2.24) is 19.9 Å². The van der Waals surface area contributed by atoms with Crippen molar-refractivity contribution in [3.05, 3.63) is 40.1 Å². The molecule has 0 aliphatic heterocycles. The van der Waals surface area contributed by atoms with Crippen LogP contribution >= 0.6 is 23.2 Å². The van der Waals surface area contributed by atoms with Gasteiger partial charge in [-0.1, -0.05) is 23.2 Å². The Morgan fingerprint density at radius 1 is 1.21 bits per heavy atom. The summed E-state index contributed by atoms with van der Waals surface area (Å²) in [4.78, 5) is 15.6. The summed E-state index contributed by atoms with van der Waals surface area (Å²) in [6, 6.07) is 7.04. The average molecular weight is 290 g/mol. The smallest absolute Gasteiger partial charge is 0.179 e. The molecule has 3 rings (SSSR count). The first-order chi connectivity index (χ1) is 9.17. The Hall–Kier alpha value is -2.16. The lowest BCUT2D eigenvalue weighted by atomic mass is 10.2. The first kappa shape index (κ1) is 11.9. The van der Waals surface area contributed by atoms with Crippen LogP contribution in [-0.2, 0) is 0 Å². The van der Waals surface area contributed by atoms with Gasteiger partial charge in [0.05, 0.1) is 16.1 Å². The molecule has 0 aromatic carbocycles. The number of aromatic nitrogens is 4. The molecule has 3 aromatic rings. The molecule has 0 aliphatic rings. The van der Waals surface area contributed by atoms with Gasteiger partial charge >= 0.3 is 0 Å². The molecular formula is C12H5Cl2N5. The van der Waals surface area contributed by atoms with Crippen LogP contribution in [-0.4, -0.2) is 19.9 Å². The molecule has 0 saturated heterocycles. The number of halogens is 2. The minimum atomic E-state index is 0.208. The molecule has 0 aliphatic carbocycles. The van der Waals surface area contributed by atoms with Crippen LogP contribution in [0.4, 0.5) is 0 Å². The van der Waals surface area contributed by atoms with E-state index in [1.54, 1.807) is 18.2 Å². The van der Waals surface area contributed by atoms with E-state index >= 15 is 0 Å². The maximum Gasteiger partial charge on any atom is 0.179 e. The lowest BCUT2D eigenvalue weighted by molar-refractivity contribution is 1.22. The van der Waals surface area contributed by atoms with E-state index in [9.17, 15) is 0 Å². The van der Waals surface area contributed by atoms with E-state index in [2.05, 4.69) is 19.9 Å². The molecule has 0 spiro atoms. The summed E-state index contributed by atoms with van der Waals surface area (Å²) in [5.41, 5.74) is 2.25. The molecule has 19 heavy (non-hydrogen) atoms. The summed E-state index contributed by atoms with van der Waals surface area (Å²) in [5, 5.41) is 9.29. The first-order valence-electron chi connectivity index (χ1n) is 5.25. The molecule has 1 N–H and O–H groups in total. The van der Waals surface area contributed by atoms with Gasteiger partial charge < -0.3 is 4.98 Å². The largest absolute Gasteiger partial charge is 0.335 e. The molecule has 0 atom stereocenters. The molecule has 92 valence electrons. The number of nitriles is 1. The fraction of sp³-hybridized carbons (Fsp3) is 0. The summed E-state index contributed by atoms with van der Waals surface area (Å²) in [5.74, 6) is 0.547. The van der Waals surface area contributed by atoms with E-state index in [1.807, 2.05) is 6.07 Å². The topological polar surface area (TPSA) is 78.2 Å². The van der Waals surface area contributed by atoms with Crippen molar-refractivity contribution in [1.29, 1.82) is 5.26 Å². The lowest BCUT2D eigenvalue weighted by Gasteiger charge is -1.94. The summed E-state index contributed by atoms with van der Waals surface area (Å²) < 4.78 is 0. The Bertz CT molecular complexity index is 762. The van der Waals surface area contributed by atoms with Crippen molar-refractivity contribution < 1.29 is 0 Å². The third kappa shape index (κ3) is 2.12. The van der Waals surface area contributed by atoms with Crippen molar-refractivity contribution in [2.75, 3.05) is 0 Å². The fourth-order valence-electron chi connectivity index (χ4n) is 1.62. The zero-order chi connectivity index (χ0) is 13.4. The molecule has 0 radical (unpaired) electrons. The lowest BCUT2D eigenvalue weighted by Crippen LogP contribution is -1.86. The highest BCUT2D eigenvalue weighted by Crippen LogP contribution is 2.25. The molecule has 0 saturated carbocycles. The van der Waals surface area contributed by atoms with Crippen molar-refractivity contribution in [2.24, 2.45) is 0 Å². The number of rotatable bonds is 1. The highest BCUT2D eigenvalue weighted by Gasteiger charge is 2.10. The molecule has 7 heteroatoms. The number of hydrogen-bond donors (Lipinski definition) is 1. The molecule has 0 amide bonds. The molecule has 0 fully saturated rings. The molecule has 0 bridgehead atoms. The van der Waals surface area contributed by atoms with Crippen LogP contribution < -0.4 is 0 Å². The average Bonchev–Trinajstić information content (AvgIpc) is 2.82. The van der Waals surface area contributed by atoms with Crippen LogP contribution in [0.1, 0.15) is 5.56 Å². The molecule has 5 nitrogen and oxygen atoms in total. The summed E-state index contributed by atoms with van der Waals surface area (Å²) in [6.45, 7) is 0. The first-order valence-corrected chi connectivity index (χ1v) is 6.01. The molecular weight excluding hydrogens is 285 g/mol. The van der Waals surface area contributed by atoms with Gasteiger partial charge in [-0.15, -0.1) is 0 Å². The second-order valence-corrected chi connectivity index (χ2v) is 4.53. The number of fused-ring (bicyclic) bond motifs is 1. The van der Waals surface area contributed by atoms with Gasteiger partial charge in [0, 0.05) is 6.20 Å². The Kier molecular flexibility index (Phi) is 2.82. The minimum absolute atomic E-state index is 0.208. The monoisotopic (exact) mass is 289 g/mol. The quantitative estimate of drug-likeness (QED) is 0.698.